The quantitative estimate of drug-likeness (QED) is 0.669. The largest absolute Gasteiger partial charge is 0.384 e. The molecule has 1 N–H and O–H groups in total. The molecular weight excluding hydrogens is 252 g/mol. The smallest absolute Gasteiger partial charge is 0.101 e. The van der Waals surface area contributed by atoms with Gasteiger partial charge in [-0.3, -0.25) is 0 Å². The first-order valence-corrected chi connectivity index (χ1v) is 5.44. The predicted octanol–water partition coefficient (Wildman–Crippen LogP) is 3.15. The first-order chi connectivity index (χ1) is 7.27. The van der Waals surface area contributed by atoms with E-state index in [1.165, 1.54) is 0 Å². The number of unbranched alkanes of at least 4 members (excludes halogenated alkanes) is 1. The van der Waals surface area contributed by atoms with Gasteiger partial charge >= 0.3 is 0 Å². The maximum atomic E-state index is 8.90. The van der Waals surface area contributed by atoms with Gasteiger partial charge in [-0.25, -0.2) is 0 Å². The molecular formula is C12H11BrN2. The minimum Gasteiger partial charge on any atom is -0.384 e. The number of rotatable bonds is 4. The van der Waals surface area contributed by atoms with Crippen LogP contribution in [0.4, 0.5) is 5.69 Å². The van der Waals surface area contributed by atoms with Crippen LogP contribution in [0.3, 0.4) is 0 Å². The molecule has 0 saturated carbocycles. The monoisotopic (exact) mass is 262 g/mol. The Bertz CT molecular complexity index is 413. The number of nitriles is 1. The molecule has 0 amide bonds. The Morgan fingerprint density at radius 3 is 2.93 bits per heavy atom. The topological polar surface area (TPSA) is 35.8 Å². The van der Waals surface area contributed by atoms with Crippen LogP contribution in [0.1, 0.15) is 18.4 Å². The van der Waals surface area contributed by atoms with Gasteiger partial charge in [0.25, 0.3) is 0 Å². The van der Waals surface area contributed by atoms with Gasteiger partial charge in [-0.05, 0) is 24.6 Å². The third kappa shape index (κ3) is 3.65. The molecule has 0 fully saturated rings. The number of hydrogen-bond acceptors (Lipinski definition) is 2. The van der Waals surface area contributed by atoms with E-state index in [4.69, 9.17) is 11.7 Å². The van der Waals surface area contributed by atoms with E-state index in [-0.39, 0.29) is 0 Å². The minimum atomic E-state index is 0.644. The van der Waals surface area contributed by atoms with Gasteiger partial charge in [0, 0.05) is 17.4 Å². The molecule has 0 bridgehead atoms. The summed E-state index contributed by atoms with van der Waals surface area (Å²) in [4.78, 5) is 0. The minimum absolute atomic E-state index is 0.644. The Hall–Kier alpha value is -1.45. The van der Waals surface area contributed by atoms with Crippen LogP contribution in [-0.4, -0.2) is 6.54 Å². The summed E-state index contributed by atoms with van der Waals surface area (Å²) in [6.07, 6.45) is 6.82. The summed E-state index contributed by atoms with van der Waals surface area (Å²) < 4.78 is 0.910. The van der Waals surface area contributed by atoms with Crippen molar-refractivity contribution >= 4 is 21.6 Å². The Labute approximate surface area is 98.4 Å². The van der Waals surface area contributed by atoms with Gasteiger partial charge in [0.05, 0.1) is 11.3 Å². The lowest BCUT2D eigenvalue weighted by atomic mass is 10.2. The van der Waals surface area contributed by atoms with Crippen LogP contribution in [0, 0.1) is 23.7 Å². The van der Waals surface area contributed by atoms with E-state index >= 15 is 0 Å². The average molecular weight is 263 g/mol. The molecule has 0 aromatic heterocycles. The van der Waals surface area contributed by atoms with Crippen LogP contribution < -0.4 is 5.32 Å². The van der Waals surface area contributed by atoms with Gasteiger partial charge in [-0.15, -0.1) is 12.3 Å². The van der Waals surface area contributed by atoms with Crippen LogP contribution in [0.5, 0.6) is 0 Å². The second-order valence-electron chi connectivity index (χ2n) is 3.04. The van der Waals surface area contributed by atoms with Gasteiger partial charge in [0.15, 0.2) is 0 Å². The number of benzene rings is 1. The SMILES string of the molecule is C#CCCCNc1ccc(Br)cc1C#N. The van der Waals surface area contributed by atoms with Crippen LogP contribution in [0.15, 0.2) is 22.7 Å². The van der Waals surface area contributed by atoms with Gasteiger partial charge in [-0.1, -0.05) is 15.9 Å². The molecule has 1 aromatic rings. The van der Waals surface area contributed by atoms with Gasteiger partial charge in [0.2, 0.25) is 0 Å². The summed E-state index contributed by atoms with van der Waals surface area (Å²) in [7, 11) is 0. The molecule has 0 aliphatic rings. The molecule has 0 atom stereocenters. The van der Waals surface area contributed by atoms with Gasteiger partial charge in [0.1, 0.15) is 6.07 Å². The van der Waals surface area contributed by atoms with Gasteiger partial charge < -0.3 is 5.32 Å². The average Bonchev–Trinajstić information content (AvgIpc) is 2.26. The van der Waals surface area contributed by atoms with E-state index in [2.05, 4.69) is 33.2 Å². The highest BCUT2D eigenvalue weighted by molar-refractivity contribution is 9.10. The molecule has 1 aromatic carbocycles. The van der Waals surface area contributed by atoms with Crippen LogP contribution in [-0.2, 0) is 0 Å². The number of hydrogen-bond donors (Lipinski definition) is 1. The Morgan fingerprint density at radius 1 is 1.47 bits per heavy atom. The van der Waals surface area contributed by atoms with E-state index in [0.717, 1.165) is 29.5 Å². The summed E-state index contributed by atoms with van der Waals surface area (Å²) >= 11 is 3.32. The highest BCUT2D eigenvalue weighted by Gasteiger charge is 2.01. The van der Waals surface area contributed by atoms with Crippen molar-refractivity contribution in [2.45, 2.75) is 12.8 Å². The fraction of sp³-hybridized carbons (Fsp3) is 0.250. The van der Waals surface area contributed by atoms with Crippen molar-refractivity contribution in [1.82, 2.24) is 0 Å². The second kappa shape index (κ2) is 6.11. The molecule has 76 valence electrons. The summed E-state index contributed by atoms with van der Waals surface area (Å²) in [5.41, 5.74) is 1.50. The third-order valence-corrected chi connectivity index (χ3v) is 2.41. The molecule has 2 nitrogen and oxygen atoms in total. The summed E-state index contributed by atoms with van der Waals surface area (Å²) in [5, 5.41) is 12.1. The molecule has 0 spiro atoms. The van der Waals surface area contributed by atoms with Crippen molar-refractivity contribution in [2.75, 3.05) is 11.9 Å². The molecule has 3 heteroatoms. The predicted molar refractivity (Wildman–Crippen MR) is 65.4 cm³/mol. The van der Waals surface area contributed by atoms with E-state index in [0.29, 0.717) is 5.56 Å². The van der Waals surface area contributed by atoms with E-state index < -0.39 is 0 Å². The van der Waals surface area contributed by atoms with Crippen molar-refractivity contribution in [3.63, 3.8) is 0 Å². The second-order valence-corrected chi connectivity index (χ2v) is 3.95. The van der Waals surface area contributed by atoms with Crippen molar-refractivity contribution < 1.29 is 0 Å². The molecule has 0 heterocycles. The standard InChI is InChI=1S/C12H11BrN2/c1-2-3-4-7-15-12-6-5-11(13)8-10(12)9-14/h1,5-6,8,15H,3-4,7H2. The maximum absolute atomic E-state index is 8.90. The maximum Gasteiger partial charge on any atom is 0.101 e. The third-order valence-electron chi connectivity index (χ3n) is 1.92. The lowest BCUT2D eigenvalue weighted by Gasteiger charge is -2.07. The number of nitrogens with one attached hydrogen (secondary N) is 1. The molecule has 0 radical (unpaired) electrons. The fourth-order valence-electron chi connectivity index (χ4n) is 1.18. The molecule has 0 aliphatic heterocycles. The van der Waals surface area contributed by atoms with Crippen molar-refractivity contribution in [1.29, 1.82) is 5.26 Å². The van der Waals surface area contributed by atoms with Crippen LogP contribution >= 0.6 is 15.9 Å². The van der Waals surface area contributed by atoms with Crippen molar-refractivity contribution in [3.8, 4) is 18.4 Å². The Kier molecular flexibility index (Phi) is 4.74. The Balaban J connectivity index is 2.62. The van der Waals surface area contributed by atoms with E-state index in [1.807, 2.05) is 12.1 Å². The molecule has 0 aliphatic carbocycles. The molecule has 1 rings (SSSR count). The number of terminal acetylenes is 1. The molecule has 15 heavy (non-hydrogen) atoms. The number of anilines is 1. The Morgan fingerprint density at radius 2 is 2.27 bits per heavy atom. The zero-order valence-electron chi connectivity index (χ0n) is 8.26. The molecule has 0 unspecified atom stereocenters. The number of halogens is 1. The first-order valence-electron chi connectivity index (χ1n) is 4.65. The zero-order chi connectivity index (χ0) is 11.1. The lowest BCUT2D eigenvalue weighted by Crippen LogP contribution is -2.02. The highest BCUT2D eigenvalue weighted by Crippen LogP contribution is 2.20. The van der Waals surface area contributed by atoms with Crippen LogP contribution in [0.25, 0.3) is 0 Å². The summed E-state index contributed by atoms with van der Waals surface area (Å²) in [6.45, 7) is 0.792. The zero-order valence-corrected chi connectivity index (χ0v) is 9.84. The lowest BCUT2D eigenvalue weighted by molar-refractivity contribution is 0.907. The van der Waals surface area contributed by atoms with Gasteiger partial charge in [-0.2, -0.15) is 5.26 Å². The van der Waals surface area contributed by atoms with Crippen molar-refractivity contribution in [3.05, 3.63) is 28.2 Å². The van der Waals surface area contributed by atoms with Crippen molar-refractivity contribution in [2.24, 2.45) is 0 Å². The molecule has 0 saturated heterocycles. The fourth-order valence-corrected chi connectivity index (χ4v) is 1.54. The van der Waals surface area contributed by atoms with E-state index in [1.54, 1.807) is 6.07 Å². The summed E-state index contributed by atoms with van der Waals surface area (Å²) in [5.74, 6) is 2.58. The van der Waals surface area contributed by atoms with Crippen LogP contribution in [0.2, 0.25) is 0 Å². The highest BCUT2D eigenvalue weighted by atomic mass is 79.9. The summed E-state index contributed by atoms with van der Waals surface area (Å²) in [6, 6.07) is 7.73. The number of nitrogens with zero attached hydrogens (tertiary/aromatic N) is 1. The van der Waals surface area contributed by atoms with E-state index in [9.17, 15) is 0 Å². The first kappa shape index (κ1) is 11.6. The normalized spacial score (nSPS) is 9.00.